The van der Waals surface area contributed by atoms with Crippen molar-refractivity contribution in [2.75, 3.05) is 0 Å². The SMILES string of the molecule is CCCCC[C@H](O)/C=C/[C@H]1C(O)C[C@@H]2O/C(=C/CCCC(=O)O)C[C@@H]21. The Labute approximate surface area is 150 Å². The molecule has 25 heavy (non-hydrogen) atoms. The Hall–Kier alpha value is -1.33. The minimum atomic E-state index is -0.770. The van der Waals surface area contributed by atoms with E-state index in [2.05, 4.69) is 6.92 Å². The number of ether oxygens (including phenoxy) is 1. The number of rotatable bonds is 10. The fourth-order valence-electron chi connectivity index (χ4n) is 3.86. The van der Waals surface area contributed by atoms with E-state index in [0.29, 0.717) is 19.3 Å². The van der Waals surface area contributed by atoms with Crippen molar-refractivity contribution in [3.05, 3.63) is 24.0 Å². The number of aliphatic carboxylic acids is 1. The summed E-state index contributed by atoms with van der Waals surface area (Å²) in [5.41, 5.74) is 0. The summed E-state index contributed by atoms with van der Waals surface area (Å²) in [4.78, 5) is 10.5. The molecule has 3 N–H and O–H groups in total. The summed E-state index contributed by atoms with van der Waals surface area (Å²) in [5, 5.41) is 29.0. The molecule has 0 amide bonds. The number of unbranched alkanes of at least 4 members (excludes halogenated alkanes) is 3. The number of carboxylic acids is 1. The largest absolute Gasteiger partial charge is 0.495 e. The van der Waals surface area contributed by atoms with Gasteiger partial charge in [-0.3, -0.25) is 4.79 Å². The summed E-state index contributed by atoms with van der Waals surface area (Å²) >= 11 is 0. The Morgan fingerprint density at radius 2 is 2.16 bits per heavy atom. The van der Waals surface area contributed by atoms with Gasteiger partial charge in [0.1, 0.15) is 6.10 Å². The van der Waals surface area contributed by atoms with E-state index in [1.807, 2.05) is 18.2 Å². The predicted molar refractivity (Wildman–Crippen MR) is 96.0 cm³/mol. The van der Waals surface area contributed by atoms with E-state index in [4.69, 9.17) is 9.84 Å². The third-order valence-electron chi connectivity index (χ3n) is 5.26. The van der Waals surface area contributed by atoms with E-state index in [9.17, 15) is 15.0 Å². The summed E-state index contributed by atoms with van der Waals surface area (Å²) in [7, 11) is 0. The van der Waals surface area contributed by atoms with Crippen molar-refractivity contribution in [3.63, 3.8) is 0 Å². The predicted octanol–water partition coefficient (Wildman–Crippen LogP) is 3.41. The van der Waals surface area contributed by atoms with Crippen molar-refractivity contribution in [2.24, 2.45) is 11.8 Å². The molecule has 0 aromatic rings. The zero-order chi connectivity index (χ0) is 18.2. The van der Waals surface area contributed by atoms with Crippen molar-refractivity contribution in [3.8, 4) is 0 Å². The average molecular weight is 352 g/mol. The molecule has 1 saturated heterocycles. The molecule has 0 radical (unpaired) electrons. The Morgan fingerprint density at radius 1 is 1.36 bits per heavy atom. The van der Waals surface area contributed by atoms with Gasteiger partial charge in [0, 0.05) is 31.1 Å². The molecule has 5 heteroatoms. The molecular formula is C20H32O5. The highest BCUT2D eigenvalue weighted by atomic mass is 16.5. The minimum absolute atomic E-state index is 0.0238. The standard InChI is InChI=1S/C20H32O5/c1-2-3-4-7-14(21)10-11-16-17-12-15(8-5-6-9-20(23)24)25-19(17)13-18(16)22/h8,10-11,14,16-19,21-22H,2-7,9,12-13H2,1H3,(H,23,24)/b11-10+,15-8+/t14-,16+,17+,18?,19-/m0/s1. The number of hydrogen-bond acceptors (Lipinski definition) is 4. The van der Waals surface area contributed by atoms with Crippen LogP contribution in [0.1, 0.15) is 64.7 Å². The molecule has 1 aliphatic heterocycles. The molecule has 2 aliphatic rings. The first-order chi connectivity index (χ1) is 12.0. The monoisotopic (exact) mass is 352 g/mol. The highest BCUT2D eigenvalue weighted by molar-refractivity contribution is 5.66. The van der Waals surface area contributed by atoms with Crippen LogP contribution in [-0.4, -0.2) is 39.6 Å². The number of aliphatic hydroxyl groups is 2. The molecule has 5 atom stereocenters. The first-order valence-corrected chi connectivity index (χ1v) is 9.63. The van der Waals surface area contributed by atoms with E-state index < -0.39 is 18.2 Å². The van der Waals surface area contributed by atoms with Crippen LogP contribution in [0.25, 0.3) is 0 Å². The zero-order valence-corrected chi connectivity index (χ0v) is 15.1. The van der Waals surface area contributed by atoms with Crippen LogP contribution in [0.5, 0.6) is 0 Å². The highest BCUT2D eigenvalue weighted by Gasteiger charge is 2.46. The van der Waals surface area contributed by atoms with Crippen molar-refractivity contribution in [1.82, 2.24) is 0 Å². The Balaban J connectivity index is 1.83. The average Bonchev–Trinajstić information content (AvgIpc) is 3.06. The van der Waals surface area contributed by atoms with E-state index >= 15 is 0 Å². The van der Waals surface area contributed by atoms with Gasteiger partial charge in [-0.15, -0.1) is 0 Å². The van der Waals surface area contributed by atoms with Gasteiger partial charge in [-0.2, -0.15) is 0 Å². The maximum Gasteiger partial charge on any atom is 0.303 e. The number of allylic oxidation sites excluding steroid dienone is 2. The van der Waals surface area contributed by atoms with Crippen LogP contribution in [-0.2, 0) is 9.53 Å². The van der Waals surface area contributed by atoms with Crippen LogP contribution >= 0.6 is 0 Å². The molecule has 142 valence electrons. The lowest BCUT2D eigenvalue weighted by Gasteiger charge is -2.16. The molecule has 1 unspecified atom stereocenters. The zero-order valence-electron chi connectivity index (χ0n) is 15.1. The molecule has 2 rings (SSSR count). The number of hydrogen-bond donors (Lipinski definition) is 3. The van der Waals surface area contributed by atoms with Crippen LogP contribution in [0, 0.1) is 11.8 Å². The first-order valence-electron chi connectivity index (χ1n) is 9.63. The summed E-state index contributed by atoms with van der Waals surface area (Å²) in [5.74, 6) is 0.429. The normalized spacial score (nSPS) is 31.4. The van der Waals surface area contributed by atoms with Gasteiger partial charge < -0.3 is 20.1 Å². The van der Waals surface area contributed by atoms with Crippen LogP contribution in [0.3, 0.4) is 0 Å². The molecule has 2 fully saturated rings. The van der Waals surface area contributed by atoms with E-state index in [1.54, 1.807) is 0 Å². The fourth-order valence-corrected chi connectivity index (χ4v) is 3.86. The third-order valence-corrected chi connectivity index (χ3v) is 5.26. The van der Waals surface area contributed by atoms with Crippen LogP contribution < -0.4 is 0 Å². The molecule has 0 aromatic carbocycles. The van der Waals surface area contributed by atoms with Gasteiger partial charge in [0.05, 0.1) is 18.0 Å². The molecule has 1 heterocycles. The van der Waals surface area contributed by atoms with Crippen LogP contribution in [0.15, 0.2) is 24.0 Å². The van der Waals surface area contributed by atoms with Gasteiger partial charge >= 0.3 is 5.97 Å². The van der Waals surface area contributed by atoms with E-state index in [-0.39, 0.29) is 24.4 Å². The van der Waals surface area contributed by atoms with Crippen LogP contribution in [0.2, 0.25) is 0 Å². The number of carboxylic acid groups (broad SMARTS) is 1. The van der Waals surface area contributed by atoms with Crippen molar-refractivity contribution >= 4 is 5.97 Å². The Morgan fingerprint density at radius 3 is 2.88 bits per heavy atom. The van der Waals surface area contributed by atoms with Crippen LogP contribution in [0.4, 0.5) is 0 Å². The topological polar surface area (TPSA) is 87.0 Å². The summed E-state index contributed by atoms with van der Waals surface area (Å²) in [6, 6.07) is 0. The fraction of sp³-hybridized carbons (Fsp3) is 0.750. The number of carbonyl (C=O) groups is 1. The summed E-state index contributed by atoms with van der Waals surface area (Å²) in [6.07, 6.45) is 12.0. The minimum Gasteiger partial charge on any atom is -0.495 e. The molecule has 0 aromatic heterocycles. The van der Waals surface area contributed by atoms with Crippen molar-refractivity contribution in [2.45, 2.75) is 83.0 Å². The number of aliphatic hydroxyl groups excluding tert-OH is 2. The third kappa shape index (κ3) is 6.15. The Bertz CT molecular complexity index is 484. The second-order valence-electron chi connectivity index (χ2n) is 7.31. The lowest BCUT2D eigenvalue weighted by Crippen LogP contribution is -2.18. The summed E-state index contributed by atoms with van der Waals surface area (Å²) < 4.78 is 5.94. The molecule has 1 saturated carbocycles. The van der Waals surface area contributed by atoms with Gasteiger partial charge in [-0.05, 0) is 25.3 Å². The second-order valence-corrected chi connectivity index (χ2v) is 7.31. The lowest BCUT2D eigenvalue weighted by molar-refractivity contribution is -0.137. The second kappa shape index (κ2) is 9.97. The van der Waals surface area contributed by atoms with Crippen molar-refractivity contribution in [1.29, 1.82) is 0 Å². The smallest absolute Gasteiger partial charge is 0.303 e. The first kappa shape index (κ1) is 20.0. The number of fused-ring (bicyclic) bond motifs is 1. The molecular weight excluding hydrogens is 320 g/mol. The molecule has 0 bridgehead atoms. The molecule has 1 aliphatic carbocycles. The van der Waals surface area contributed by atoms with E-state index in [1.165, 1.54) is 0 Å². The Kier molecular flexibility index (Phi) is 7.97. The van der Waals surface area contributed by atoms with Gasteiger partial charge in [-0.1, -0.05) is 38.3 Å². The van der Waals surface area contributed by atoms with Gasteiger partial charge in [-0.25, -0.2) is 0 Å². The van der Waals surface area contributed by atoms with Crippen molar-refractivity contribution < 1.29 is 24.9 Å². The van der Waals surface area contributed by atoms with Gasteiger partial charge in [0.2, 0.25) is 0 Å². The van der Waals surface area contributed by atoms with E-state index in [0.717, 1.165) is 37.9 Å². The van der Waals surface area contributed by atoms with Gasteiger partial charge in [0.25, 0.3) is 0 Å². The quantitative estimate of drug-likeness (QED) is 0.414. The molecule has 0 spiro atoms. The maximum absolute atomic E-state index is 10.5. The lowest BCUT2D eigenvalue weighted by atomic mass is 9.90. The highest BCUT2D eigenvalue weighted by Crippen LogP contribution is 2.45. The maximum atomic E-state index is 10.5. The molecule has 5 nitrogen and oxygen atoms in total. The summed E-state index contributed by atoms with van der Waals surface area (Å²) in [6.45, 7) is 2.14. The van der Waals surface area contributed by atoms with Gasteiger partial charge in [0.15, 0.2) is 0 Å².